The minimum absolute atomic E-state index is 0.00222. The first-order valence-corrected chi connectivity index (χ1v) is 7.59. The van der Waals surface area contributed by atoms with Crippen molar-refractivity contribution in [3.63, 3.8) is 0 Å². The summed E-state index contributed by atoms with van der Waals surface area (Å²) in [6, 6.07) is 12.6. The molecular formula is C16H11BrN6O. The monoisotopic (exact) mass is 382 g/mol. The third-order valence-electron chi connectivity index (χ3n) is 3.10. The van der Waals surface area contributed by atoms with Gasteiger partial charge in [0.05, 0.1) is 5.69 Å². The molecule has 0 saturated heterocycles. The predicted octanol–water partition coefficient (Wildman–Crippen LogP) is 3.13. The van der Waals surface area contributed by atoms with E-state index in [0.717, 1.165) is 4.47 Å². The summed E-state index contributed by atoms with van der Waals surface area (Å²) in [5.74, 6) is 1.03. The van der Waals surface area contributed by atoms with E-state index < -0.39 is 0 Å². The van der Waals surface area contributed by atoms with Crippen LogP contribution in [-0.2, 0) is 0 Å². The molecule has 3 rings (SSSR count). The third-order valence-corrected chi connectivity index (χ3v) is 3.57. The van der Waals surface area contributed by atoms with Crippen LogP contribution in [0.1, 0.15) is 5.56 Å². The molecule has 0 bridgehead atoms. The summed E-state index contributed by atoms with van der Waals surface area (Å²) in [5.41, 5.74) is 12.6. The molecule has 3 aromatic rings. The highest BCUT2D eigenvalue weighted by molar-refractivity contribution is 9.10. The summed E-state index contributed by atoms with van der Waals surface area (Å²) in [7, 11) is 0. The van der Waals surface area contributed by atoms with Gasteiger partial charge in [0, 0.05) is 22.3 Å². The van der Waals surface area contributed by atoms with Crippen LogP contribution in [0.4, 0.5) is 11.8 Å². The molecule has 1 aromatic carbocycles. The molecule has 4 N–H and O–H groups in total. The maximum absolute atomic E-state index is 9.29. The van der Waals surface area contributed by atoms with E-state index in [1.54, 1.807) is 36.5 Å². The second-order valence-corrected chi connectivity index (χ2v) is 5.66. The Bertz CT molecular complexity index is 936. The number of hydrogen-bond donors (Lipinski definition) is 2. The number of hydrogen-bond acceptors (Lipinski definition) is 7. The van der Waals surface area contributed by atoms with Crippen LogP contribution in [0.15, 0.2) is 47.1 Å². The van der Waals surface area contributed by atoms with Gasteiger partial charge in [0.15, 0.2) is 0 Å². The van der Waals surface area contributed by atoms with E-state index >= 15 is 0 Å². The van der Waals surface area contributed by atoms with Crippen LogP contribution in [0, 0.1) is 11.3 Å². The highest BCUT2D eigenvalue weighted by Crippen LogP contribution is 2.29. The van der Waals surface area contributed by atoms with Gasteiger partial charge < -0.3 is 16.2 Å². The number of ether oxygens (including phenoxy) is 1. The van der Waals surface area contributed by atoms with Crippen molar-refractivity contribution in [1.82, 2.24) is 15.0 Å². The van der Waals surface area contributed by atoms with E-state index in [2.05, 4.69) is 30.9 Å². The van der Waals surface area contributed by atoms with Crippen LogP contribution in [0.3, 0.4) is 0 Å². The first-order valence-electron chi connectivity index (χ1n) is 6.80. The molecule has 0 unspecified atom stereocenters. The van der Waals surface area contributed by atoms with Gasteiger partial charge in [-0.25, -0.2) is 9.97 Å². The minimum Gasteiger partial charge on any atom is -0.439 e. The van der Waals surface area contributed by atoms with Crippen molar-refractivity contribution in [2.24, 2.45) is 0 Å². The van der Waals surface area contributed by atoms with Gasteiger partial charge in [-0.2, -0.15) is 10.2 Å². The number of aromatic nitrogens is 3. The van der Waals surface area contributed by atoms with E-state index in [1.165, 1.54) is 0 Å². The van der Waals surface area contributed by atoms with Gasteiger partial charge in [-0.05, 0) is 34.1 Å². The highest BCUT2D eigenvalue weighted by atomic mass is 79.9. The number of nitrogens with two attached hydrogens (primary N) is 2. The van der Waals surface area contributed by atoms with Gasteiger partial charge in [-0.1, -0.05) is 12.1 Å². The number of halogens is 1. The topological polar surface area (TPSA) is 124 Å². The summed E-state index contributed by atoms with van der Waals surface area (Å²) < 4.78 is 6.56. The second kappa shape index (κ2) is 6.52. The van der Waals surface area contributed by atoms with Crippen LogP contribution >= 0.6 is 15.9 Å². The minimum atomic E-state index is 0.00222. The number of benzene rings is 1. The molecule has 0 radical (unpaired) electrons. The van der Waals surface area contributed by atoms with Gasteiger partial charge in [-0.3, -0.25) is 0 Å². The molecule has 0 aliphatic heterocycles. The summed E-state index contributed by atoms with van der Waals surface area (Å²) >= 11 is 3.32. The fourth-order valence-electron chi connectivity index (χ4n) is 2.07. The summed E-state index contributed by atoms with van der Waals surface area (Å²) in [5, 5.41) is 9.29. The van der Waals surface area contributed by atoms with Gasteiger partial charge in [0.25, 0.3) is 0 Å². The average molecular weight is 383 g/mol. The molecule has 8 heteroatoms. The van der Waals surface area contributed by atoms with E-state index in [4.69, 9.17) is 16.2 Å². The van der Waals surface area contributed by atoms with E-state index in [9.17, 15) is 5.26 Å². The van der Waals surface area contributed by atoms with E-state index in [-0.39, 0.29) is 17.3 Å². The van der Waals surface area contributed by atoms with E-state index in [1.807, 2.05) is 12.1 Å². The lowest BCUT2D eigenvalue weighted by Gasteiger charge is -2.09. The SMILES string of the molecule is N#Cc1c(N)nc(N)nc1-c1cccc(Oc2ccc(Br)cn2)c1. The summed E-state index contributed by atoms with van der Waals surface area (Å²) in [6.07, 6.45) is 1.64. The Morgan fingerprint density at radius 1 is 1.12 bits per heavy atom. The van der Waals surface area contributed by atoms with Crippen molar-refractivity contribution in [3.05, 3.63) is 52.6 Å². The van der Waals surface area contributed by atoms with Crippen molar-refractivity contribution in [2.75, 3.05) is 11.5 Å². The van der Waals surface area contributed by atoms with Gasteiger partial charge in [-0.15, -0.1) is 0 Å². The number of anilines is 2. The van der Waals surface area contributed by atoms with Crippen LogP contribution in [0.5, 0.6) is 11.6 Å². The number of pyridine rings is 1. The Morgan fingerprint density at radius 3 is 2.67 bits per heavy atom. The maximum atomic E-state index is 9.29. The second-order valence-electron chi connectivity index (χ2n) is 4.75. The van der Waals surface area contributed by atoms with E-state index in [0.29, 0.717) is 22.9 Å². The molecule has 0 fully saturated rings. The quantitative estimate of drug-likeness (QED) is 0.712. The van der Waals surface area contributed by atoms with Crippen molar-refractivity contribution < 1.29 is 4.74 Å². The van der Waals surface area contributed by atoms with Crippen molar-refractivity contribution >= 4 is 27.7 Å². The Morgan fingerprint density at radius 2 is 1.96 bits per heavy atom. The maximum Gasteiger partial charge on any atom is 0.222 e. The Hall–Kier alpha value is -3.18. The fourth-order valence-corrected chi connectivity index (χ4v) is 2.30. The lowest BCUT2D eigenvalue weighted by Crippen LogP contribution is -2.05. The number of nitriles is 1. The molecule has 0 amide bonds. The molecule has 0 saturated carbocycles. The zero-order valence-corrected chi connectivity index (χ0v) is 13.9. The lowest BCUT2D eigenvalue weighted by molar-refractivity contribution is 0.463. The smallest absolute Gasteiger partial charge is 0.222 e. The Kier molecular flexibility index (Phi) is 4.26. The van der Waals surface area contributed by atoms with Crippen molar-refractivity contribution in [3.8, 4) is 29.0 Å². The molecule has 2 aromatic heterocycles. The van der Waals surface area contributed by atoms with Gasteiger partial charge >= 0.3 is 0 Å². The van der Waals surface area contributed by atoms with Gasteiger partial charge in [0.1, 0.15) is 23.2 Å². The molecule has 0 spiro atoms. The first kappa shape index (κ1) is 15.7. The van der Waals surface area contributed by atoms with Crippen molar-refractivity contribution in [1.29, 1.82) is 5.26 Å². The standard InChI is InChI=1S/C16H11BrN6O/c17-10-4-5-13(21-8-10)24-11-3-1-2-9(6-11)14-12(7-18)15(19)23-16(20)22-14/h1-6,8H,(H4,19,20,22,23). The number of rotatable bonds is 3. The van der Waals surface area contributed by atoms with Crippen LogP contribution in [0.25, 0.3) is 11.3 Å². The van der Waals surface area contributed by atoms with Crippen LogP contribution < -0.4 is 16.2 Å². The number of nitrogen functional groups attached to an aromatic ring is 2. The third kappa shape index (κ3) is 3.26. The molecule has 118 valence electrons. The van der Waals surface area contributed by atoms with Crippen LogP contribution in [-0.4, -0.2) is 15.0 Å². The molecule has 0 aliphatic rings. The molecule has 0 aliphatic carbocycles. The predicted molar refractivity (Wildman–Crippen MR) is 93.0 cm³/mol. The molecule has 24 heavy (non-hydrogen) atoms. The van der Waals surface area contributed by atoms with Crippen molar-refractivity contribution in [2.45, 2.75) is 0 Å². The molecular weight excluding hydrogens is 372 g/mol. The largest absolute Gasteiger partial charge is 0.439 e. The van der Waals surface area contributed by atoms with Gasteiger partial charge in [0.2, 0.25) is 11.8 Å². The lowest BCUT2D eigenvalue weighted by atomic mass is 10.1. The zero-order valence-electron chi connectivity index (χ0n) is 12.3. The highest BCUT2D eigenvalue weighted by Gasteiger charge is 2.14. The fraction of sp³-hybridized carbons (Fsp3) is 0. The zero-order chi connectivity index (χ0) is 17.1. The summed E-state index contributed by atoms with van der Waals surface area (Å²) in [6.45, 7) is 0. The average Bonchev–Trinajstić information content (AvgIpc) is 2.57. The Balaban J connectivity index is 2.00. The number of nitrogens with zero attached hydrogens (tertiary/aromatic N) is 4. The summed E-state index contributed by atoms with van der Waals surface area (Å²) in [4.78, 5) is 12.1. The molecule has 2 heterocycles. The van der Waals surface area contributed by atoms with Crippen LogP contribution in [0.2, 0.25) is 0 Å². The Labute approximate surface area is 146 Å². The first-order chi connectivity index (χ1) is 11.6. The molecule has 7 nitrogen and oxygen atoms in total. The molecule has 0 atom stereocenters. The normalized spacial score (nSPS) is 10.2.